The maximum atomic E-state index is 13.8. The summed E-state index contributed by atoms with van der Waals surface area (Å²) in [7, 11) is -5.72. The van der Waals surface area contributed by atoms with Crippen LogP contribution >= 0.6 is 7.60 Å². The van der Waals surface area contributed by atoms with E-state index in [1.54, 1.807) is 0 Å². The molecule has 2 rings (SSSR count). The van der Waals surface area contributed by atoms with Crippen molar-refractivity contribution in [1.29, 1.82) is 0 Å². The van der Waals surface area contributed by atoms with Crippen molar-refractivity contribution in [2.24, 2.45) is 5.73 Å². The van der Waals surface area contributed by atoms with Crippen molar-refractivity contribution < 1.29 is 42.6 Å². The van der Waals surface area contributed by atoms with E-state index in [1.165, 1.54) is 24.3 Å². The summed E-state index contributed by atoms with van der Waals surface area (Å²) < 4.78 is 38.7. The zero-order chi connectivity index (χ0) is 22.0. The standard InChI is InChI=1S/C17H17F2N2O7P/c18-17(19,29(26,27)28)12-4-3-9-7-11(2-1-10(9)8-12)16(25)21-13(15(20)24)5-6-14(22)23/h1-4,7-8,13H,5-6H2,(H2,20,24)(H,21,25)(H,22,23)(H2,26,27,28). The van der Waals surface area contributed by atoms with Crippen LogP contribution in [0.3, 0.4) is 0 Å². The number of hydrogen-bond donors (Lipinski definition) is 5. The lowest BCUT2D eigenvalue weighted by Crippen LogP contribution is -2.44. The summed E-state index contributed by atoms with van der Waals surface area (Å²) in [6.07, 6.45) is -0.590. The van der Waals surface area contributed by atoms with E-state index in [1.807, 2.05) is 0 Å². The molecule has 9 nitrogen and oxygen atoms in total. The van der Waals surface area contributed by atoms with Crippen LogP contribution in [0.4, 0.5) is 8.78 Å². The highest BCUT2D eigenvalue weighted by Gasteiger charge is 2.50. The molecule has 156 valence electrons. The first kappa shape index (κ1) is 22.4. The maximum Gasteiger partial charge on any atom is 0.399 e. The monoisotopic (exact) mass is 430 g/mol. The molecule has 0 saturated heterocycles. The quantitative estimate of drug-likeness (QED) is 0.396. The van der Waals surface area contributed by atoms with Crippen LogP contribution in [0.1, 0.15) is 28.8 Å². The molecule has 12 heteroatoms. The van der Waals surface area contributed by atoms with E-state index in [2.05, 4.69) is 5.32 Å². The Labute approximate surface area is 162 Å². The van der Waals surface area contributed by atoms with Crippen LogP contribution in [0.2, 0.25) is 0 Å². The largest absolute Gasteiger partial charge is 0.481 e. The zero-order valence-electron chi connectivity index (χ0n) is 14.7. The third-order valence-electron chi connectivity index (χ3n) is 4.11. The van der Waals surface area contributed by atoms with E-state index in [9.17, 15) is 27.7 Å². The molecule has 0 bridgehead atoms. The number of aliphatic carboxylic acids is 1. The van der Waals surface area contributed by atoms with Gasteiger partial charge in [0.1, 0.15) is 6.04 Å². The number of halogens is 2. The summed E-state index contributed by atoms with van der Waals surface area (Å²) in [5.74, 6) is -2.81. The number of nitrogens with two attached hydrogens (primary N) is 1. The minimum absolute atomic E-state index is 0.0496. The number of carboxylic acid groups (broad SMARTS) is 1. The molecule has 0 aliphatic carbocycles. The van der Waals surface area contributed by atoms with Crippen LogP contribution in [0, 0.1) is 0 Å². The number of hydrogen-bond acceptors (Lipinski definition) is 4. The van der Waals surface area contributed by atoms with Crippen LogP contribution in [0.25, 0.3) is 10.8 Å². The molecule has 0 fully saturated rings. The number of benzene rings is 2. The van der Waals surface area contributed by atoms with E-state index >= 15 is 0 Å². The predicted molar refractivity (Wildman–Crippen MR) is 97.2 cm³/mol. The Morgan fingerprint density at radius 2 is 1.69 bits per heavy atom. The van der Waals surface area contributed by atoms with Gasteiger partial charge in [-0.25, -0.2) is 0 Å². The Hall–Kier alpha value is -2.88. The number of rotatable bonds is 8. The van der Waals surface area contributed by atoms with Gasteiger partial charge in [0.05, 0.1) is 0 Å². The predicted octanol–water partition coefficient (Wildman–Crippen LogP) is 1.52. The van der Waals surface area contributed by atoms with Gasteiger partial charge in [-0.1, -0.05) is 18.2 Å². The molecule has 0 aliphatic rings. The van der Waals surface area contributed by atoms with Crippen LogP contribution in [0.5, 0.6) is 0 Å². The molecule has 6 N–H and O–H groups in total. The molecule has 0 aromatic heterocycles. The third-order valence-corrected chi connectivity index (χ3v) is 5.10. The first-order valence-corrected chi connectivity index (χ1v) is 9.74. The summed E-state index contributed by atoms with van der Waals surface area (Å²) in [5.41, 5.74) is -0.0413. The van der Waals surface area contributed by atoms with Gasteiger partial charge in [-0.2, -0.15) is 8.78 Å². The van der Waals surface area contributed by atoms with Gasteiger partial charge in [-0.05, 0) is 35.4 Å². The highest BCUT2D eigenvalue weighted by atomic mass is 31.2. The van der Waals surface area contributed by atoms with Gasteiger partial charge in [0, 0.05) is 17.5 Å². The fraction of sp³-hybridized carbons (Fsp3) is 0.235. The van der Waals surface area contributed by atoms with Gasteiger partial charge in [0.15, 0.2) is 0 Å². The second-order valence-corrected chi connectivity index (χ2v) is 7.87. The number of carboxylic acids is 1. The number of primary amides is 1. The lowest BCUT2D eigenvalue weighted by atomic mass is 10.0. The summed E-state index contributed by atoms with van der Waals surface area (Å²) in [6.45, 7) is 0. The van der Waals surface area contributed by atoms with Crippen molar-refractivity contribution in [3.05, 3.63) is 47.5 Å². The summed E-state index contributed by atoms with van der Waals surface area (Å²) in [6, 6.07) is 5.56. The zero-order valence-corrected chi connectivity index (χ0v) is 15.6. The molecule has 2 amide bonds. The van der Waals surface area contributed by atoms with E-state index in [4.69, 9.17) is 20.6 Å². The van der Waals surface area contributed by atoms with Crippen LogP contribution < -0.4 is 11.1 Å². The number of fused-ring (bicyclic) bond motifs is 1. The Balaban J connectivity index is 2.28. The average Bonchev–Trinajstić information content (AvgIpc) is 2.62. The van der Waals surface area contributed by atoms with Crippen molar-refractivity contribution in [2.75, 3.05) is 0 Å². The van der Waals surface area contributed by atoms with Crippen molar-refractivity contribution in [3.63, 3.8) is 0 Å². The van der Waals surface area contributed by atoms with Crippen molar-refractivity contribution in [3.8, 4) is 0 Å². The molecular weight excluding hydrogens is 413 g/mol. The molecule has 0 spiro atoms. The minimum Gasteiger partial charge on any atom is -0.481 e. The first-order chi connectivity index (χ1) is 13.3. The van der Waals surface area contributed by atoms with E-state index in [0.717, 1.165) is 12.1 Å². The fourth-order valence-corrected chi connectivity index (χ4v) is 3.01. The Kier molecular flexibility index (Phi) is 6.37. The first-order valence-electron chi connectivity index (χ1n) is 8.12. The minimum atomic E-state index is -5.72. The third kappa shape index (κ3) is 5.14. The Morgan fingerprint density at radius 3 is 2.24 bits per heavy atom. The summed E-state index contributed by atoms with van der Waals surface area (Å²) >= 11 is 0. The van der Waals surface area contributed by atoms with Crippen LogP contribution in [0.15, 0.2) is 36.4 Å². The summed E-state index contributed by atoms with van der Waals surface area (Å²) in [5, 5.41) is 11.5. The molecule has 0 heterocycles. The number of nitrogens with one attached hydrogen (secondary N) is 1. The number of amides is 2. The fourth-order valence-electron chi connectivity index (χ4n) is 2.54. The smallest absolute Gasteiger partial charge is 0.399 e. The summed E-state index contributed by atoms with van der Waals surface area (Å²) in [4.78, 5) is 52.0. The number of carbonyl (C=O) groups excluding carboxylic acids is 2. The molecule has 2 aromatic rings. The van der Waals surface area contributed by atoms with E-state index in [0.29, 0.717) is 5.39 Å². The maximum absolute atomic E-state index is 13.8. The molecular formula is C17H17F2N2O7P. The molecule has 2 aromatic carbocycles. The van der Waals surface area contributed by atoms with E-state index in [-0.39, 0.29) is 23.8 Å². The highest BCUT2D eigenvalue weighted by Crippen LogP contribution is 2.59. The lowest BCUT2D eigenvalue weighted by Gasteiger charge is -2.18. The van der Waals surface area contributed by atoms with Gasteiger partial charge in [-0.3, -0.25) is 18.9 Å². The van der Waals surface area contributed by atoms with Gasteiger partial charge in [0.2, 0.25) is 5.91 Å². The van der Waals surface area contributed by atoms with Crippen LogP contribution in [-0.4, -0.2) is 38.7 Å². The SMILES string of the molecule is NC(=O)C(CCC(=O)O)NC(=O)c1ccc2cc(C(F)(F)P(=O)(O)O)ccc2c1. The molecule has 0 radical (unpaired) electrons. The molecule has 0 aliphatic heterocycles. The lowest BCUT2D eigenvalue weighted by molar-refractivity contribution is -0.137. The van der Waals surface area contributed by atoms with Crippen LogP contribution in [-0.2, 0) is 19.8 Å². The van der Waals surface area contributed by atoms with Crippen molar-refractivity contribution in [1.82, 2.24) is 5.32 Å². The van der Waals surface area contributed by atoms with Gasteiger partial charge >= 0.3 is 19.2 Å². The Bertz CT molecular complexity index is 1020. The highest BCUT2D eigenvalue weighted by molar-refractivity contribution is 7.52. The van der Waals surface area contributed by atoms with Gasteiger partial charge in [0.25, 0.3) is 5.91 Å². The molecule has 1 atom stereocenters. The molecule has 29 heavy (non-hydrogen) atoms. The topological polar surface area (TPSA) is 167 Å². The second kappa shape index (κ2) is 8.24. The number of alkyl halides is 2. The van der Waals surface area contributed by atoms with E-state index < -0.39 is 42.6 Å². The molecule has 0 saturated carbocycles. The van der Waals surface area contributed by atoms with Crippen molar-refractivity contribution >= 4 is 36.2 Å². The average molecular weight is 430 g/mol. The molecule has 1 unspecified atom stereocenters. The number of carbonyl (C=O) groups is 3. The van der Waals surface area contributed by atoms with Gasteiger partial charge < -0.3 is 25.9 Å². The van der Waals surface area contributed by atoms with Gasteiger partial charge in [-0.15, -0.1) is 0 Å². The normalized spacial score (nSPS) is 13.1. The Morgan fingerprint density at radius 1 is 1.10 bits per heavy atom. The van der Waals surface area contributed by atoms with Crippen molar-refractivity contribution in [2.45, 2.75) is 24.5 Å². The second-order valence-electron chi connectivity index (χ2n) is 6.22.